The van der Waals surface area contributed by atoms with Crippen LogP contribution in [-0.4, -0.2) is 16.7 Å². The Balaban J connectivity index is 2.49. The molecule has 0 amide bonds. The van der Waals surface area contributed by atoms with Gasteiger partial charge in [0.05, 0.1) is 12.6 Å². The Morgan fingerprint density at radius 2 is 2.15 bits per heavy atom. The minimum absolute atomic E-state index is 0.0349. The molecule has 1 heterocycles. The highest BCUT2D eigenvalue weighted by atomic mass is 16.3. The van der Waals surface area contributed by atoms with Gasteiger partial charge in [0.2, 0.25) is 0 Å². The molecule has 0 saturated carbocycles. The molecule has 1 aromatic heterocycles. The summed E-state index contributed by atoms with van der Waals surface area (Å²) in [6.07, 6.45) is 0. The van der Waals surface area contributed by atoms with E-state index in [9.17, 15) is 0 Å². The van der Waals surface area contributed by atoms with E-state index in [1.54, 1.807) is 0 Å². The maximum absolute atomic E-state index is 8.87. The van der Waals surface area contributed by atoms with Gasteiger partial charge in [0.15, 0.2) is 0 Å². The Labute approximate surface area is 76.2 Å². The standard InChI is InChI=1S/C10H12N2O/c11-8(6-13)10-5-7-3-1-2-4-9(7)12-10/h1-5,8,12-13H,6,11H2/t8-/m1/s1. The molecule has 0 saturated heterocycles. The molecule has 0 aliphatic rings. The van der Waals surface area contributed by atoms with Gasteiger partial charge < -0.3 is 15.8 Å². The molecule has 1 atom stereocenters. The summed E-state index contributed by atoms with van der Waals surface area (Å²) in [5.41, 5.74) is 7.61. The molecule has 3 heteroatoms. The third-order valence-electron chi connectivity index (χ3n) is 2.15. The van der Waals surface area contributed by atoms with Crippen LogP contribution < -0.4 is 5.73 Å². The molecule has 1 aromatic carbocycles. The van der Waals surface area contributed by atoms with E-state index in [0.717, 1.165) is 16.6 Å². The normalized spacial score (nSPS) is 13.4. The SMILES string of the molecule is N[C@H](CO)c1cc2ccccc2[nH]1. The van der Waals surface area contributed by atoms with Crippen molar-refractivity contribution in [2.45, 2.75) is 6.04 Å². The van der Waals surface area contributed by atoms with Crippen molar-refractivity contribution in [2.75, 3.05) is 6.61 Å². The maximum atomic E-state index is 8.87. The second-order valence-corrected chi connectivity index (χ2v) is 3.10. The minimum atomic E-state index is -0.313. The number of aliphatic hydroxyl groups excluding tert-OH is 1. The highest BCUT2D eigenvalue weighted by Gasteiger charge is 2.06. The van der Waals surface area contributed by atoms with E-state index in [0.29, 0.717) is 0 Å². The van der Waals surface area contributed by atoms with Crippen LogP contribution in [0.4, 0.5) is 0 Å². The number of hydrogen-bond acceptors (Lipinski definition) is 2. The van der Waals surface area contributed by atoms with Crippen LogP contribution in [0.2, 0.25) is 0 Å². The third-order valence-corrected chi connectivity index (χ3v) is 2.15. The largest absolute Gasteiger partial charge is 0.394 e. The number of aromatic nitrogens is 1. The quantitative estimate of drug-likeness (QED) is 0.643. The van der Waals surface area contributed by atoms with Crippen LogP contribution >= 0.6 is 0 Å². The Morgan fingerprint density at radius 3 is 2.85 bits per heavy atom. The first-order valence-electron chi connectivity index (χ1n) is 4.25. The highest BCUT2D eigenvalue weighted by Crippen LogP contribution is 2.17. The van der Waals surface area contributed by atoms with E-state index in [4.69, 9.17) is 10.8 Å². The zero-order valence-electron chi connectivity index (χ0n) is 7.20. The smallest absolute Gasteiger partial charge is 0.0683 e. The predicted octanol–water partition coefficient (Wildman–Crippen LogP) is 1.16. The Morgan fingerprint density at radius 1 is 1.38 bits per heavy atom. The topological polar surface area (TPSA) is 62.0 Å². The second-order valence-electron chi connectivity index (χ2n) is 3.10. The molecule has 68 valence electrons. The van der Waals surface area contributed by atoms with Gasteiger partial charge >= 0.3 is 0 Å². The first-order valence-corrected chi connectivity index (χ1v) is 4.25. The van der Waals surface area contributed by atoms with Crippen molar-refractivity contribution in [3.05, 3.63) is 36.0 Å². The lowest BCUT2D eigenvalue weighted by Crippen LogP contribution is -2.14. The monoisotopic (exact) mass is 176 g/mol. The predicted molar refractivity (Wildman–Crippen MR) is 52.3 cm³/mol. The summed E-state index contributed by atoms with van der Waals surface area (Å²) >= 11 is 0. The molecule has 3 nitrogen and oxygen atoms in total. The highest BCUT2D eigenvalue weighted by molar-refractivity contribution is 5.80. The lowest BCUT2D eigenvalue weighted by atomic mass is 10.2. The summed E-state index contributed by atoms with van der Waals surface area (Å²) in [6.45, 7) is -0.0349. The van der Waals surface area contributed by atoms with Gasteiger partial charge in [-0.3, -0.25) is 0 Å². The summed E-state index contributed by atoms with van der Waals surface area (Å²) in [5.74, 6) is 0. The molecule has 4 N–H and O–H groups in total. The van der Waals surface area contributed by atoms with E-state index in [1.165, 1.54) is 0 Å². The Bertz CT molecular complexity index is 375. The van der Waals surface area contributed by atoms with Gasteiger partial charge in [-0.25, -0.2) is 0 Å². The van der Waals surface area contributed by atoms with Crippen molar-refractivity contribution in [1.29, 1.82) is 0 Å². The van der Waals surface area contributed by atoms with Crippen LogP contribution in [0, 0.1) is 0 Å². The molecule has 2 aromatic rings. The summed E-state index contributed by atoms with van der Waals surface area (Å²) in [6, 6.07) is 9.60. The van der Waals surface area contributed by atoms with Crippen molar-refractivity contribution in [1.82, 2.24) is 4.98 Å². The van der Waals surface area contributed by atoms with Crippen LogP contribution in [0.3, 0.4) is 0 Å². The molecule has 13 heavy (non-hydrogen) atoms. The van der Waals surface area contributed by atoms with E-state index >= 15 is 0 Å². The van der Waals surface area contributed by atoms with E-state index in [-0.39, 0.29) is 12.6 Å². The molecule has 0 unspecified atom stereocenters. The van der Waals surface area contributed by atoms with Crippen molar-refractivity contribution >= 4 is 10.9 Å². The van der Waals surface area contributed by atoms with Gasteiger partial charge in [-0.2, -0.15) is 0 Å². The molecular weight excluding hydrogens is 164 g/mol. The first kappa shape index (κ1) is 8.29. The molecule has 0 bridgehead atoms. The summed E-state index contributed by atoms with van der Waals surface area (Å²) in [4.78, 5) is 3.16. The number of nitrogens with one attached hydrogen (secondary N) is 1. The molecule has 0 spiro atoms. The average molecular weight is 176 g/mol. The number of aromatic amines is 1. The Hall–Kier alpha value is -1.32. The van der Waals surface area contributed by atoms with E-state index in [2.05, 4.69) is 4.98 Å². The van der Waals surface area contributed by atoms with Gasteiger partial charge in [-0.15, -0.1) is 0 Å². The first-order chi connectivity index (χ1) is 6.31. The Kier molecular flexibility index (Phi) is 2.04. The molecule has 0 aliphatic carbocycles. The summed E-state index contributed by atoms with van der Waals surface area (Å²) in [7, 11) is 0. The number of benzene rings is 1. The van der Waals surface area contributed by atoms with Gasteiger partial charge in [0, 0.05) is 11.2 Å². The van der Waals surface area contributed by atoms with Crippen LogP contribution in [0.15, 0.2) is 30.3 Å². The van der Waals surface area contributed by atoms with Crippen LogP contribution in [0.25, 0.3) is 10.9 Å². The zero-order chi connectivity index (χ0) is 9.26. The molecular formula is C10H12N2O. The van der Waals surface area contributed by atoms with Crippen molar-refractivity contribution in [3.8, 4) is 0 Å². The lowest BCUT2D eigenvalue weighted by molar-refractivity contribution is 0.266. The summed E-state index contributed by atoms with van der Waals surface area (Å²) < 4.78 is 0. The van der Waals surface area contributed by atoms with Gasteiger partial charge in [0.25, 0.3) is 0 Å². The van der Waals surface area contributed by atoms with Crippen molar-refractivity contribution in [3.63, 3.8) is 0 Å². The fraction of sp³-hybridized carbons (Fsp3) is 0.200. The fourth-order valence-corrected chi connectivity index (χ4v) is 1.39. The minimum Gasteiger partial charge on any atom is -0.394 e. The molecule has 0 fully saturated rings. The maximum Gasteiger partial charge on any atom is 0.0683 e. The third kappa shape index (κ3) is 1.43. The molecule has 2 rings (SSSR count). The number of nitrogens with two attached hydrogens (primary N) is 1. The van der Waals surface area contributed by atoms with Crippen LogP contribution in [-0.2, 0) is 0 Å². The second kappa shape index (κ2) is 3.20. The van der Waals surface area contributed by atoms with Crippen LogP contribution in [0.5, 0.6) is 0 Å². The number of fused-ring (bicyclic) bond motifs is 1. The van der Waals surface area contributed by atoms with E-state index < -0.39 is 0 Å². The summed E-state index contributed by atoms with van der Waals surface area (Å²) in [5, 5.41) is 9.99. The number of aliphatic hydroxyl groups is 1. The van der Waals surface area contributed by atoms with Gasteiger partial charge in [-0.05, 0) is 17.5 Å². The molecule has 0 aliphatic heterocycles. The number of hydrogen-bond donors (Lipinski definition) is 3. The number of H-pyrrole nitrogens is 1. The number of rotatable bonds is 2. The van der Waals surface area contributed by atoms with Gasteiger partial charge in [-0.1, -0.05) is 18.2 Å². The van der Waals surface area contributed by atoms with Crippen molar-refractivity contribution < 1.29 is 5.11 Å². The fourth-order valence-electron chi connectivity index (χ4n) is 1.39. The lowest BCUT2D eigenvalue weighted by Gasteiger charge is -2.03. The number of para-hydroxylation sites is 1. The van der Waals surface area contributed by atoms with Gasteiger partial charge in [0.1, 0.15) is 0 Å². The van der Waals surface area contributed by atoms with E-state index in [1.807, 2.05) is 30.3 Å². The average Bonchev–Trinajstić information content (AvgIpc) is 2.59. The van der Waals surface area contributed by atoms with Crippen molar-refractivity contribution in [2.24, 2.45) is 5.73 Å². The molecule has 0 radical (unpaired) electrons. The van der Waals surface area contributed by atoms with Crippen LogP contribution in [0.1, 0.15) is 11.7 Å². The zero-order valence-corrected chi connectivity index (χ0v) is 7.20.